The molecule has 0 spiro atoms. The molecule has 8 aromatic rings. The fraction of sp³-hybridized carbons (Fsp3) is 0.333. The van der Waals surface area contributed by atoms with Gasteiger partial charge in [-0.15, -0.1) is 0 Å². The third-order valence-corrected chi connectivity index (χ3v) is 13.9. The molecule has 2 aliphatic carbocycles. The van der Waals surface area contributed by atoms with Crippen molar-refractivity contribution in [1.29, 1.82) is 10.5 Å². The Morgan fingerprint density at radius 1 is 0.654 bits per heavy atom. The number of carbonyl (C=O) groups is 4. The Bertz CT molecular complexity index is 3360. The molecule has 1 amide bonds. The quantitative estimate of drug-likeness (QED) is 0.0850. The van der Waals surface area contributed by atoms with Gasteiger partial charge >= 0.3 is 17.9 Å². The highest BCUT2D eigenvalue weighted by atomic mass is 35.5. The Labute approximate surface area is 458 Å². The molecule has 2 fully saturated rings. The van der Waals surface area contributed by atoms with E-state index < -0.39 is 24.0 Å². The van der Waals surface area contributed by atoms with E-state index in [9.17, 15) is 24.3 Å². The van der Waals surface area contributed by atoms with Crippen LogP contribution in [0, 0.1) is 22.7 Å². The van der Waals surface area contributed by atoms with Crippen LogP contribution in [0.1, 0.15) is 133 Å². The van der Waals surface area contributed by atoms with Crippen molar-refractivity contribution in [2.45, 2.75) is 115 Å². The van der Waals surface area contributed by atoms with E-state index in [0.29, 0.717) is 41.8 Å². The lowest BCUT2D eigenvalue weighted by molar-refractivity contribution is -0.407. The lowest BCUT2D eigenvalue weighted by atomic mass is 9.95. The Morgan fingerprint density at radius 2 is 1.10 bits per heavy atom. The number of hydrogen-bond acceptors (Lipinski definition) is 12. The molecule has 0 unspecified atom stereocenters. The van der Waals surface area contributed by atoms with E-state index in [-0.39, 0.29) is 42.9 Å². The maximum Gasteiger partial charge on any atom is 0.365 e. The van der Waals surface area contributed by atoms with Crippen LogP contribution in [0.5, 0.6) is 0 Å². The van der Waals surface area contributed by atoms with Crippen LogP contribution in [0.3, 0.4) is 0 Å². The van der Waals surface area contributed by atoms with Crippen molar-refractivity contribution in [3.05, 3.63) is 155 Å². The number of imidazole rings is 2. The monoisotopic (exact) mass is 1070 g/mol. The third-order valence-electron chi connectivity index (χ3n) is 13.9. The molecule has 5 N–H and O–H groups in total. The van der Waals surface area contributed by atoms with Gasteiger partial charge in [-0.1, -0.05) is 62.8 Å². The molecule has 0 saturated heterocycles. The van der Waals surface area contributed by atoms with Crippen LogP contribution >= 0.6 is 0 Å². The first-order valence-electron chi connectivity index (χ1n) is 26.3. The number of nitriles is 2. The number of nitrogens with one attached hydrogen (secondary N) is 1. The van der Waals surface area contributed by atoms with Crippen molar-refractivity contribution < 1.29 is 60.7 Å². The minimum absolute atomic E-state index is 0. The average Bonchev–Trinajstić information content (AvgIpc) is 4.38. The average molecular weight is 1080 g/mol. The van der Waals surface area contributed by atoms with E-state index in [4.69, 9.17) is 38.8 Å². The van der Waals surface area contributed by atoms with E-state index in [1.165, 1.54) is 38.5 Å². The number of aromatic carboxylic acids is 1. The van der Waals surface area contributed by atoms with Gasteiger partial charge in [-0.25, -0.2) is 24.4 Å². The summed E-state index contributed by atoms with van der Waals surface area (Å²) in [7, 11) is 0. The molecule has 4 aromatic heterocycles. The Hall–Kier alpha value is -8.51. The van der Waals surface area contributed by atoms with Gasteiger partial charge in [0.1, 0.15) is 30.2 Å². The van der Waals surface area contributed by atoms with Crippen LogP contribution in [0.15, 0.2) is 131 Å². The fourth-order valence-corrected chi connectivity index (χ4v) is 10.1. The number of hydrogen-bond donors (Lipinski definition) is 3. The Kier molecular flexibility index (Phi) is 20.2. The molecule has 2 atom stereocenters. The molecule has 78 heavy (non-hydrogen) atoms. The van der Waals surface area contributed by atoms with Crippen molar-refractivity contribution in [3.63, 3.8) is 0 Å². The summed E-state index contributed by atoms with van der Waals surface area (Å²) >= 11 is 0. The summed E-state index contributed by atoms with van der Waals surface area (Å²) in [5, 5.41) is 29.7. The number of furan rings is 2. The summed E-state index contributed by atoms with van der Waals surface area (Å²) in [6, 6.07) is 32.2. The Morgan fingerprint density at radius 3 is 1.54 bits per heavy atom. The van der Waals surface area contributed by atoms with Crippen molar-refractivity contribution in [2.24, 2.45) is 0 Å². The van der Waals surface area contributed by atoms with Gasteiger partial charge in [0.05, 0.1) is 87.8 Å². The van der Waals surface area contributed by atoms with E-state index in [0.717, 1.165) is 81.7 Å². The number of halogens is 1. The van der Waals surface area contributed by atoms with Crippen LogP contribution in [0.25, 0.3) is 44.8 Å². The van der Waals surface area contributed by atoms with Gasteiger partial charge in [0.15, 0.2) is 6.04 Å². The van der Waals surface area contributed by atoms with Gasteiger partial charge in [-0.05, 0) is 123 Å². The molecule has 4 aromatic carbocycles. The number of amides is 1. The van der Waals surface area contributed by atoms with E-state index in [1.807, 2.05) is 42.5 Å². The summed E-state index contributed by atoms with van der Waals surface area (Å²) in [5.74, 6) is -0.395. The van der Waals surface area contributed by atoms with Crippen molar-refractivity contribution in [1.82, 2.24) is 24.4 Å². The molecular weight excluding hydrogens is 1010 g/mol. The first-order chi connectivity index (χ1) is 37.5. The number of nitrogens with zero attached hydrogens (tertiary/aromatic N) is 6. The summed E-state index contributed by atoms with van der Waals surface area (Å²) < 4.78 is 25.2. The highest BCUT2D eigenvalue weighted by Gasteiger charge is 2.27. The second-order valence-corrected chi connectivity index (χ2v) is 19.2. The molecule has 0 aliphatic heterocycles. The highest BCUT2D eigenvalue weighted by Crippen LogP contribution is 2.38. The number of ether oxygens (including phenoxy) is 2. The van der Waals surface area contributed by atoms with Gasteiger partial charge < -0.3 is 56.0 Å². The van der Waals surface area contributed by atoms with Gasteiger partial charge in [0.25, 0.3) is 5.91 Å². The van der Waals surface area contributed by atoms with E-state index >= 15 is 0 Å². The summed E-state index contributed by atoms with van der Waals surface area (Å²) in [6.07, 6.45) is 19.3. The van der Waals surface area contributed by atoms with Gasteiger partial charge in [0, 0.05) is 30.5 Å². The van der Waals surface area contributed by atoms with Crippen molar-refractivity contribution >= 4 is 45.9 Å². The number of carboxylic acid groups (broad SMARTS) is 1. The largest absolute Gasteiger partial charge is 1.00 e. The smallest absolute Gasteiger partial charge is 0.365 e. The molecule has 17 nitrogen and oxygen atoms in total. The lowest BCUT2D eigenvalue weighted by Gasteiger charge is -2.25. The zero-order valence-corrected chi connectivity index (χ0v) is 44.5. The van der Waals surface area contributed by atoms with Crippen LogP contribution in [0.4, 0.5) is 0 Å². The van der Waals surface area contributed by atoms with Gasteiger partial charge in [-0.2, -0.15) is 10.5 Å². The first kappa shape index (κ1) is 57.2. The molecule has 0 bridgehead atoms. The SMILES string of the molecule is CCOC(=O)[C@@H]([NH3+])Cc1ccc(C#N)cc1.CCOC(=O)[C@H](Cc1ccc(C#N)cc1)NC(=O)c1ccc2c(c1)nc(-c1ccoc1)n2C1CCCCC1.O=C(O)c1ccc2c(c1)nc(-c1ccoc1)n2C1CCCCC1.[Cl-]. The predicted octanol–water partition coefficient (Wildman–Crippen LogP) is 7.36. The molecule has 404 valence electrons. The number of benzene rings is 4. The minimum Gasteiger partial charge on any atom is -1.00 e. The number of quaternary nitrogens is 1. The van der Waals surface area contributed by atoms with Crippen molar-refractivity contribution in [3.8, 4) is 34.9 Å². The van der Waals surface area contributed by atoms with Crippen LogP contribution in [-0.4, -0.2) is 73.3 Å². The molecule has 0 radical (unpaired) electrons. The van der Waals surface area contributed by atoms with Crippen LogP contribution < -0.4 is 23.5 Å². The molecule has 10 rings (SSSR count). The summed E-state index contributed by atoms with van der Waals surface area (Å²) in [6.45, 7) is 4.08. The highest BCUT2D eigenvalue weighted by molar-refractivity contribution is 6.00. The van der Waals surface area contributed by atoms with E-state index in [1.54, 1.807) is 99.6 Å². The zero-order chi connectivity index (χ0) is 54.3. The summed E-state index contributed by atoms with van der Waals surface area (Å²) in [5.41, 5.74) is 12.6. The second kappa shape index (κ2) is 27.5. The standard InChI is InChI=1S/C30H30N4O4.C18H18N2O3.C12H14N2O2.ClH/c1-2-38-30(36)26(16-20-8-10-21(18-31)11-9-20)33-29(35)22-12-13-27-25(17-22)32-28(23-14-15-37-19-23)34(27)24-6-4-3-5-7-24;21-18(22)12-6-7-16-15(10-12)19-17(13-8-9-23-11-13)20(16)14-4-2-1-3-5-14;1-2-16-12(15)11(14)7-9-3-5-10(8-13)6-4-9;/h8-15,17,19,24,26H,2-7,16H2,1H3,(H,33,35);6-11,14H,1-5H2,(H,21,22);3-6,11H,2,7,14H2,1H3;1H/t26-;;11-;/m0.0./s1. The minimum atomic E-state index is -0.927. The van der Waals surface area contributed by atoms with Crippen LogP contribution in [-0.2, 0) is 31.9 Å². The Balaban J connectivity index is 0.000000187. The molecule has 4 heterocycles. The molecular formula is C60H63ClN8O9. The van der Waals surface area contributed by atoms with Crippen LogP contribution in [0.2, 0.25) is 0 Å². The summed E-state index contributed by atoms with van der Waals surface area (Å²) in [4.78, 5) is 58.2. The fourth-order valence-electron chi connectivity index (χ4n) is 10.1. The number of esters is 2. The normalized spacial score (nSPS) is 14.2. The molecule has 18 heteroatoms. The molecule has 2 aliphatic rings. The van der Waals surface area contributed by atoms with E-state index in [2.05, 4.69) is 26.3 Å². The maximum absolute atomic E-state index is 13.3. The predicted molar refractivity (Wildman–Crippen MR) is 287 cm³/mol. The van der Waals surface area contributed by atoms with Crippen molar-refractivity contribution in [2.75, 3.05) is 13.2 Å². The number of carboxylic acids is 1. The molecule has 2 saturated carbocycles. The number of rotatable bonds is 15. The topological polar surface area (TPSA) is 256 Å². The lowest BCUT2D eigenvalue weighted by Crippen LogP contribution is -3.00. The number of aromatic nitrogens is 4. The number of fused-ring (bicyclic) bond motifs is 2. The second-order valence-electron chi connectivity index (χ2n) is 19.2. The third kappa shape index (κ3) is 14.1. The maximum atomic E-state index is 13.3. The first-order valence-corrected chi connectivity index (χ1v) is 26.3. The zero-order valence-electron chi connectivity index (χ0n) is 43.7. The van der Waals surface area contributed by atoms with Gasteiger partial charge in [-0.3, -0.25) is 4.79 Å². The van der Waals surface area contributed by atoms with Gasteiger partial charge in [0.2, 0.25) is 0 Å². The number of carbonyl (C=O) groups excluding carboxylic acids is 3.